The van der Waals surface area contributed by atoms with Crippen molar-refractivity contribution in [1.82, 2.24) is 5.43 Å². The van der Waals surface area contributed by atoms with E-state index in [1.54, 1.807) is 24.3 Å². The van der Waals surface area contributed by atoms with E-state index in [2.05, 4.69) is 10.5 Å². The summed E-state index contributed by atoms with van der Waals surface area (Å²) in [6.45, 7) is 0. The van der Waals surface area contributed by atoms with Crippen molar-refractivity contribution < 1.29 is 31.1 Å². The number of hydrogen-bond donors (Lipinski definition) is 1. The molecule has 0 radical (unpaired) electrons. The predicted octanol–water partition coefficient (Wildman–Crippen LogP) is 5.63. The Bertz CT molecular complexity index is 1110. The fourth-order valence-electron chi connectivity index (χ4n) is 5.33. The average molecular weight is 467 g/mol. The molecule has 1 amide bonds. The molecule has 1 aromatic heterocycles. The van der Waals surface area contributed by atoms with Gasteiger partial charge in [0.1, 0.15) is 4.88 Å². The van der Waals surface area contributed by atoms with Gasteiger partial charge in [0.2, 0.25) is 11.3 Å². The van der Waals surface area contributed by atoms with Gasteiger partial charge in [0.25, 0.3) is 5.91 Å². The fourth-order valence-corrected chi connectivity index (χ4v) is 6.73. The maximum Gasteiger partial charge on any atom is 0.350 e. The Morgan fingerprint density at radius 3 is 2.47 bits per heavy atom. The van der Waals surface area contributed by atoms with Crippen LogP contribution < -0.4 is 5.43 Å². The topological polar surface area (TPSA) is 41.5 Å². The number of thiophene rings is 1. The molecule has 0 saturated heterocycles. The molecule has 0 unspecified atom stereocenters. The van der Waals surface area contributed by atoms with E-state index < -0.39 is 53.3 Å². The number of fused-ring (bicyclic) bond motifs is 6. The second-order valence-corrected chi connectivity index (χ2v) is 9.40. The van der Waals surface area contributed by atoms with Crippen LogP contribution in [-0.2, 0) is 0 Å². The summed E-state index contributed by atoms with van der Waals surface area (Å²) in [5.74, 6) is -15.0. The Morgan fingerprint density at radius 1 is 1.10 bits per heavy atom. The summed E-state index contributed by atoms with van der Waals surface area (Å²) in [5, 5.41) is 4.59. The van der Waals surface area contributed by atoms with Crippen molar-refractivity contribution in [2.75, 3.05) is 0 Å². The molecule has 1 N–H and O–H groups in total. The Balaban J connectivity index is 1.33. The highest BCUT2D eigenvalue weighted by Crippen LogP contribution is 2.81. The van der Waals surface area contributed by atoms with Crippen LogP contribution in [-0.4, -0.2) is 35.3 Å². The number of carbonyl (C=O) groups excluding carboxylic acids is 1. The molecule has 3 fully saturated rings. The summed E-state index contributed by atoms with van der Waals surface area (Å²) in [6, 6.07) is 7.05. The van der Waals surface area contributed by atoms with Gasteiger partial charge in [-0.1, -0.05) is 29.8 Å². The first kappa shape index (κ1) is 20.1. The molecule has 3 saturated carbocycles. The van der Waals surface area contributed by atoms with Crippen molar-refractivity contribution in [3.8, 4) is 0 Å². The summed E-state index contributed by atoms with van der Waals surface area (Å²) < 4.78 is 85.5. The van der Waals surface area contributed by atoms with E-state index in [1.165, 1.54) is 0 Å². The first-order valence-electron chi connectivity index (χ1n) is 9.12. The third kappa shape index (κ3) is 2.00. The number of nitrogens with one attached hydrogen (secondary N) is 1. The smallest absolute Gasteiger partial charge is 0.266 e. The number of hydrazone groups is 1. The third-order valence-corrected chi connectivity index (χ3v) is 8.37. The van der Waals surface area contributed by atoms with E-state index in [0.29, 0.717) is 5.39 Å². The lowest BCUT2D eigenvalue weighted by Gasteiger charge is -2.61. The number of alkyl halides is 6. The number of carbonyl (C=O) groups is 1. The van der Waals surface area contributed by atoms with Gasteiger partial charge in [-0.15, -0.1) is 11.3 Å². The minimum Gasteiger partial charge on any atom is -0.266 e. The highest BCUT2D eigenvalue weighted by Gasteiger charge is 3.03. The van der Waals surface area contributed by atoms with Crippen LogP contribution in [0.25, 0.3) is 10.1 Å². The number of hydrogen-bond acceptors (Lipinski definition) is 3. The largest absolute Gasteiger partial charge is 0.350 e. The molecule has 11 heteroatoms. The van der Waals surface area contributed by atoms with Crippen LogP contribution in [0.4, 0.5) is 26.3 Å². The second kappa shape index (κ2) is 5.91. The predicted molar refractivity (Wildman–Crippen MR) is 100 cm³/mol. The molecule has 160 valence electrons. The quantitative estimate of drug-likeness (QED) is 0.356. The Morgan fingerprint density at radius 2 is 1.77 bits per heavy atom. The molecule has 2 bridgehead atoms. The molecule has 1 heterocycles. The van der Waals surface area contributed by atoms with Gasteiger partial charge in [-0.05, 0) is 18.9 Å². The molecule has 30 heavy (non-hydrogen) atoms. The third-order valence-electron chi connectivity index (χ3n) is 6.70. The van der Waals surface area contributed by atoms with Gasteiger partial charge in [0.15, 0.2) is 0 Å². The highest BCUT2D eigenvalue weighted by atomic mass is 35.5. The fraction of sp³-hybridized carbons (Fsp3) is 0.474. The molecule has 1 aromatic carbocycles. The number of amides is 1. The molecule has 3 aliphatic rings. The molecule has 0 aliphatic heterocycles. The SMILES string of the molecule is O=C(N/N=C\[C@@H]1C[C@H]2C[C@H]1[C@@]1(F)C(F)(F)C(F)(F)[C@]21F)c1sc2ccccc2c1Cl. The zero-order valence-electron chi connectivity index (χ0n) is 14.9. The van der Waals surface area contributed by atoms with Crippen molar-refractivity contribution in [3.05, 3.63) is 34.2 Å². The van der Waals surface area contributed by atoms with Crippen LogP contribution in [0.2, 0.25) is 5.02 Å². The molecule has 0 spiro atoms. The zero-order chi connectivity index (χ0) is 21.7. The number of nitrogens with zero attached hydrogens (tertiary/aromatic N) is 1. The summed E-state index contributed by atoms with van der Waals surface area (Å²) in [4.78, 5) is 12.5. The molecule has 5 rings (SSSR count). The van der Waals surface area contributed by atoms with E-state index in [0.717, 1.165) is 22.3 Å². The van der Waals surface area contributed by atoms with E-state index in [1.807, 2.05) is 0 Å². The summed E-state index contributed by atoms with van der Waals surface area (Å²) in [5.41, 5.74) is -5.62. The van der Waals surface area contributed by atoms with Gasteiger partial charge >= 0.3 is 11.8 Å². The van der Waals surface area contributed by atoms with E-state index in [-0.39, 0.29) is 16.3 Å². The lowest BCUT2D eigenvalue weighted by molar-refractivity contribution is -0.449. The van der Waals surface area contributed by atoms with E-state index in [4.69, 9.17) is 11.6 Å². The standard InChI is InChI=1S/C19H13ClF6N2OS/c20-13-10-3-1-2-4-12(10)30-14(13)15(29)28-27-7-8-5-9-6-11(8)17(22)16(9,21)18(23,24)19(17,25)26/h1-4,7-9,11H,5-6H2,(H,28,29)/b27-7-/t8-,9-,11+,16-,17-/m0/s1. The second-order valence-electron chi connectivity index (χ2n) is 7.97. The van der Waals surface area contributed by atoms with Gasteiger partial charge in [-0.2, -0.15) is 22.7 Å². The van der Waals surface area contributed by atoms with Gasteiger partial charge in [0, 0.05) is 34.1 Å². The minimum absolute atomic E-state index is 0.179. The summed E-state index contributed by atoms with van der Waals surface area (Å²) in [7, 11) is 0. The Hall–Kier alpha value is -1.81. The van der Waals surface area contributed by atoms with Crippen molar-refractivity contribution in [1.29, 1.82) is 0 Å². The number of benzene rings is 1. The first-order chi connectivity index (χ1) is 14.0. The zero-order valence-corrected chi connectivity index (χ0v) is 16.5. The van der Waals surface area contributed by atoms with Crippen LogP contribution in [0.1, 0.15) is 22.5 Å². The molecular weight excluding hydrogens is 454 g/mol. The average Bonchev–Trinajstić information content (AvgIpc) is 3.33. The maximum atomic E-state index is 14.9. The van der Waals surface area contributed by atoms with Gasteiger partial charge in [-0.25, -0.2) is 14.2 Å². The van der Waals surface area contributed by atoms with Crippen molar-refractivity contribution in [2.45, 2.75) is 36.0 Å². The van der Waals surface area contributed by atoms with Crippen LogP contribution in [0.15, 0.2) is 29.4 Å². The van der Waals surface area contributed by atoms with Gasteiger partial charge in [-0.3, -0.25) is 4.79 Å². The summed E-state index contributed by atoms with van der Waals surface area (Å²) >= 11 is 7.32. The molecule has 3 nitrogen and oxygen atoms in total. The molecule has 2 aromatic rings. The van der Waals surface area contributed by atoms with Gasteiger partial charge in [0.05, 0.1) is 5.02 Å². The summed E-state index contributed by atoms with van der Waals surface area (Å²) in [6.07, 6.45) is 0.351. The Labute approximate surface area is 175 Å². The number of halogens is 7. The highest BCUT2D eigenvalue weighted by molar-refractivity contribution is 7.21. The van der Waals surface area contributed by atoms with Gasteiger partial charge < -0.3 is 0 Å². The van der Waals surface area contributed by atoms with Crippen LogP contribution >= 0.6 is 22.9 Å². The van der Waals surface area contributed by atoms with Crippen molar-refractivity contribution in [3.63, 3.8) is 0 Å². The van der Waals surface area contributed by atoms with Crippen LogP contribution in [0.5, 0.6) is 0 Å². The number of rotatable bonds is 3. The first-order valence-corrected chi connectivity index (χ1v) is 10.3. The molecular formula is C19H13ClF6N2OS. The van der Waals surface area contributed by atoms with Crippen molar-refractivity contribution in [2.24, 2.45) is 22.9 Å². The van der Waals surface area contributed by atoms with Crippen LogP contribution in [0.3, 0.4) is 0 Å². The Kier molecular flexibility index (Phi) is 3.96. The monoisotopic (exact) mass is 466 g/mol. The normalized spacial score (nSPS) is 38.0. The van der Waals surface area contributed by atoms with E-state index in [9.17, 15) is 31.1 Å². The lowest BCUT2D eigenvalue weighted by atomic mass is 9.53. The van der Waals surface area contributed by atoms with Crippen LogP contribution in [0, 0.1) is 17.8 Å². The molecule has 5 atom stereocenters. The lowest BCUT2D eigenvalue weighted by Crippen LogP contribution is -2.88. The minimum atomic E-state index is -5.09. The maximum absolute atomic E-state index is 14.9. The van der Waals surface area contributed by atoms with Crippen molar-refractivity contribution >= 4 is 45.1 Å². The van der Waals surface area contributed by atoms with E-state index >= 15 is 0 Å². The molecule has 3 aliphatic carbocycles.